The molecule has 12 nitrogen and oxygen atoms in total. The van der Waals surface area contributed by atoms with Crippen LogP contribution in [-0.2, 0) is 19.7 Å². The number of anilines is 3. The maximum atomic E-state index is 14.3. The fraction of sp³-hybridized carbons (Fsp3) is 0.342. The third kappa shape index (κ3) is 5.54. The Morgan fingerprint density at radius 1 is 0.900 bits per heavy atom. The fourth-order valence-electron chi connectivity index (χ4n) is 6.69. The number of ether oxygens (including phenoxy) is 4. The Morgan fingerprint density at radius 3 is 2.34 bits per heavy atom. The van der Waals surface area contributed by atoms with Crippen LogP contribution in [0.25, 0.3) is 21.8 Å². The third-order valence-corrected chi connectivity index (χ3v) is 8.90. The van der Waals surface area contributed by atoms with Crippen molar-refractivity contribution in [3.8, 4) is 11.5 Å². The van der Waals surface area contributed by atoms with Crippen molar-refractivity contribution in [1.82, 2.24) is 14.8 Å². The maximum Gasteiger partial charge on any atom is 0.435 e. The number of methoxy groups -OCH3 is 2. The van der Waals surface area contributed by atoms with E-state index in [0.29, 0.717) is 51.6 Å². The zero-order chi connectivity index (χ0) is 35.7. The topological polar surface area (TPSA) is 134 Å². The highest BCUT2D eigenvalue weighted by Gasteiger charge is 2.68. The van der Waals surface area contributed by atoms with Crippen LogP contribution >= 0.6 is 0 Å². The van der Waals surface area contributed by atoms with E-state index >= 15 is 0 Å². The van der Waals surface area contributed by atoms with Gasteiger partial charge in [-0.2, -0.15) is 4.68 Å². The number of imide groups is 1. The molecule has 50 heavy (non-hydrogen) atoms. The molecule has 2 aliphatic rings. The molecule has 0 radical (unpaired) electrons. The third-order valence-electron chi connectivity index (χ3n) is 8.90. The number of nitrogens with one attached hydrogen (secondary N) is 1. The van der Waals surface area contributed by atoms with E-state index in [2.05, 4.69) is 15.4 Å². The normalized spacial score (nSPS) is 18.4. The Bertz CT molecular complexity index is 2210. The van der Waals surface area contributed by atoms with Gasteiger partial charge in [-0.1, -0.05) is 12.1 Å². The number of aromatic nitrogens is 3. The van der Waals surface area contributed by atoms with Gasteiger partial charge < -0.3 is 24.3 Å². The predicted octanol–water partition coefficient (Wildman–Crippen LogP) is 7.84. The highest BCUT2D eigenvalue weighted by Crippen LogP contribution is 2.67. The van der Waals surface area contributed by atoms with Crippen LogP contribution in [0, 0.1) is 0 Å². The van der Waals surface area contributed by atoms with Crippen molar-refractivity contribution in [2.75, 3.05) is 24.4 Å². The summed E-state index contributed by atoms with van der Waals surface area (Å²) in [5.74, 6) is 0.871. The Kier molecular flexibility index (Phi) is 7.54. The number of fused-ring (bicyclic) bond motifs is 4. The molecule has 3 aromatic carbocycles. The van der Waals surface area contributed by atoms with Gasteiger partial charge in [-0.3, -0.25) is 9.78 Å². The molecule has 2 amide bonds. The van der Waals surface area contributed by atoms with E-state index in [4.69, 9.17) is 18.9 Å². The number of rotatable bonds is 5. The summed E-state index contributed by atoms with van der Waals surface area (Å²) in [6.07, 6.45) is 0.780. The molecular formula is C38H39N5O7. The summed E-state index contributed by atoms with van der Waals surface area (Å²) in [7, 11) is 3.13. The molecule has 1 spiro atoms. The average molecular weight is 678 g/mol. The molecule has 1 N–H and O–H groups in total. The fourth-order valence-corrected chi connectivity index (χ4v) is 6.69. The molecule has 7 rings (SSSR count). The largest absolute Gasteiger partial charge is 0.497 e. The number of benzene rings is 3. The van der Waals surface area contributed by atoms with Crippen LogP contribution in [0.15, 0.2) is 66.9 Å². The molecule has 1 aliphatic heterocycles. The van der Waals surface area contributed by atoms with Crippen LogP contribution in [0.4, 0.5) is 26.8 Å². The zero-order valence-electron chi connectivity index (χ0n) is 29.3. The predicted molar refractivity (Wildman–Crippen MR) is 189 cm³/mol. The van der Waals surface area contributed by atoms with E-state index in [1.807, 2.05) is 48.5 Å². The lowest BCUT2D eigenvalue weighted by atomic mass is 9.91. The molecule has 1 fully saturated rings. The molecule has 3 heterocycles. The van der Waals surface area contributed by atoms with E-state index in [1.165, 1.54) is 4.68 Å². The van der Waals surface area contributed by atoms with Crippen molar-refractivity contribution in [2.24, 2.45) is 0 Å². The SMILES string of the molecule is COc1ccc2c(c1)[C@]1(C[C@H]1c1ccc3c(Nc4cc5cccnc5cc4OC)nn(C(=O)OC(C)(C)C)c3c1)C(=O)N2C(=O)OC(C)(C)C. The zero-order valence-corrected chi connectivity index (χ0v) is 29.3. The first kappa shape index (κ1) is 32.9. The number of hydrogen-bond donors (Lipinski definition) is 1. The van der Waals surface area contributed by atoms with E-state index < -0.39 is 28.8 Å². The van der Waals surface area contributed by atoms with Gasteiger partial charge in [0.2, 0.25) is 5.91 Å². The molecule has 2 aromatic heterocycles. The minimum atomic E-state index is -1.02. The molecule has 0 bridgehead atoms. The second-order valence-corrected chi connectivity index (χ2v) is 14.6. The first-order valence-electron chi connectivity index (χ1n) is 16.4. The molecular weight excluding hydrogens is 638 g/mol. The van der Waals surface area contributed by atoms with Gasteiger partial charge in [0.25, 0.3) is 0 Å². The van der Waals surface area contributed by atoms with Gasteiger partial charge in [-0.25, -0.2) is 14.5 Å². The second-order valence-electron chi connectivity index (χ2n) is 14.6. The van der Waals surface area contributed by atoms with Gasteiger partial charge in [0.15, 0.2) is 5.82 Å². The summed E-state index contributed by atoms with van der Waals surface area (Å²) in [6.45, 7) is 10.6. The average Bonchev–Trinajstić information content (AvgIpc) is 3.64. The van der Waals surface area contributed by atoms with Gasteiger partial charge in [0.1, 0.15) is 22.7 Å². The Morgan fingerprint density at radius 2 is 1.64 bits per heavy atom. The van der Waals surface area contributed by atoms with Gasteiger partial charge in [0.05, 0.1) is 42.0 Å². The van der Waals surface area contributed by atoms with Crippen molar-refractivity contribution in [3.05, 3.63) is 78.0 Å². The van der Waals surface area contributed by atoms with Crippen LogP contribution in [0.5, 0.6) is 11.5 Å². The van der Waals surface area contributed by atoms with Crippen molar-refractivity contribution in [1.29, 1.82) is 0 Å². The molecule has 0 unspecified atom stereocenters. The lowest BCUT2D eigenvalue weighted by Gasteiger charge is -2.24. The molecule has 2 atom stereocenters. The number of pyridine rings is 1. The molecule has 1 aliphatic carbocycles. The Labute approximate surface area is 289 Å². The molecule has 0 saturated heterocycles. The van der Waals surface area contributed by atoms with E-state index in [0.717, 1.165) is 21.4 Å². The number of amides is 2. The van der Waals surface area contributed by atoms with Crippen molar-refractivity contribution < 1.29 is 33.3 Å². The summed E-state index contributed by atoms with van der Waals surface area (Å²) >= 11 is 0. The summed E-state index contributed by atoms with van der Waals surface area (Å²) in [5.41, 5.74) is 1.27. The first-order chi connectivity index (χ1) is 23.6. The van der Waals surface area contributed by atoms with E-state index in [-0.39, 0.29) is 11.8 Å². The Balaban J connectivity index is 1.31. The number of hydrogen-bond acceptors (Lipinski definition) is 10. The van der Waals surface area contributed by atoms with Crippen LogP contribution in [-0.4, -0.2) is 58.3 Å². The summed E-state index contributed by atoms with van der Waals surface area (Å²) < 4.78 is 23.8. The number of nitrogens with zero attached hydrogens (tertiary/aromatic N) is 4. The monoisotopic (exact) mass is 677 g/mol. The van der Waals surface area contributed by atoms with Gasteiger partial charge >= 0.3 is 12.2 Å². The van der Waals surface area contributed by atoms with Crippen LogP contribution in [0.3, 0.4) is 0 Å². The first-order valence-corrected chi connectivity index (χ1v) is 16.4. The van der Waals surface area contributed by atoms with Crippen LogP contribution in [0.1, 0.15) is 65.0 Å². The molecule has 12 heteroatoms. The highest BCUT2D eigenvalue weighted by atomic mass is 16.6. The van der Waals surface area contributed by atoms with Crippen molar-refractivity contribution >= 4 is 57.1 Å². The van der Waals surface area contributed by atoms with Gasteiger partial charge in [0, 0.05) is 29.0 Å². The number of carbonyl (C=O) groups is 3. The smallest absolute Gasteiger partial charge is 0.435 e. The maximum absolute atomic E-state index is 14.3. The highest BCUT2D eigenvalue weighted by molar-refractivity contribution is 6.23. The van der Waals surface area contributed by atoms with Gasteiger partial charge in [-0.15, -0.1) is 5.10 Å². The van der Waals surface area contributed by atoms with Crippen molar-refractivity contribution in [2.45, 2.75) is 70.5 Å². The lowest BCUT2D eigenvalue weighted by Crippen LogP contribution is -2.41. The quantitative estimate of drug-likeness (QED) is 0.196. The minimum Gasteiger partial charge on any atom is -0.497 e. The van der Waals surface area contributed by atoms with Crippen molar-refractivity contribution in [3.63, 3.8) is 0 Å². The Hall–Kier alpha value is -5.65. The molecule has 5 aromatic rings. The molecule has 1 saturated carbocycles. The van der Waals surface area contributed by atoms with E-state index in [9.17, 15) is 14.4 Å². The van der Waals surface area contributed by atoms with Crippen LogP contribution < -0.4 is 19.7 Å². The number of carbonyl (C=O) groups excluding carboxylic acids is 3. The minimum absolute atomic E-state index is 0.302. The van der Waals surface area contributed by atoms with E-state index in [1.54, 1.807) is 74.1 Å². The summed E-state index contributed by atoms with van der Waals surface area (Å²) in [4.78, 5) is 46.8. The molecule has 258 valence electrons. The summed E-state index contributed by atoms with van der Waals surface area (Å²) in [5, 5.41) is 9.59. The second kappa shape index (κ2) is 11.5. The van der Waals surface area contributed by atoms with Crippen LogP contribution in [0.2, 0.25) is 0 Å². The summed E-state index contributed by atoms with van der Waals surface area (Å²) in [6, 6.07) is 18.5. The van der Waals surface area contributed by atoms with Gasteiger partial charge in [-0.05, 0) is 102 Å². The standard InChI is InChI=1S/C38H39N5O7/c1-36(2,3)49-34(45)42-29-14-12-23(47-7)18-25(29)38(33(42)44)20-26(38)21-11-13-24-30(17-21)43(35(46)50-37(4,5)6)41-32(24)40-28-16-22-10-9-15-39-27(22)19-31(28)48-8/h9-19,26H,20H2,1-8H3,(H,40,41)/t26-,38-/m0/s1. The lowest BCUT2D eigenvalue weighted by molar-refractivity contribution is -0.120.